The molecule has 0 fully saturated rings. The average Bonchev–Trinajstić information content (AvgIpc) is 2.12. The summed E-state index contributed by atoms with van der Waals surface area (Å²) in [6.45, 7) is 0. The molecule has 3 nitrogen and oxygen atoms in total. The molecule has 0 spiro atoms. The Morgan fingerprint density at radius 1 is 1.31 bits per heavy atom. The first kappa shape index (κ1) is 11.9. The second kappa shape index (κ2) is 4.14. The molecule has 1 rings (SSSR count). The van der Waals surface area contributed by atoms with Crippen molar-refractivity contribution in [2.45, 2.75) is 6.18 Å². The molecule has 1 aromatic carbocycles. The van der Waals surface area contributed by atoms with Crippen molar-refractivity contribution in [3.63, 3.8) is 0 Å². The van der Waals surface area contributed by atoms with Crippen LogP contribution in [0.15, 0.2) is 18.2 Å². The lowest BCUT2D eigenvalue weighted by Crippen LogP contribution is -2.09. The Morgan fingerprint density at radius 3 is 2.44 bits per heavy atom. The van der Waals surface area contributed by atoms with Crippen LogP contribution in [0, 0.1) is 11.8 Å². The van der Waals surface area contributed by atoms with Gasteiger partial charge in [-0.2, -0.15) is 13.2 Å². The van der Waals surface area contributed by atoms with E-state index in [-0.39, 0.29) is 11.3 Å². The number of carbonyl (C=O) groups is 1. The molecular weight excluding hydrogens is 221 g/mol. The van der Waals surface area contributed by atoms with Crippen LogP contribution in [0.1, 0.15) is 11.1 Å². The number of hydrogen-bond acceptors (Lipinski definition) is 2. The van der Waals surface area contributed by atoms with Crippen LogP contribution in [-0.4, -0.2) is 5.91 Å². The Balaban J connectivity index is 3.31. The van der Waals surface area contributed by atoms with Gasteiger partial charge in [-0.3, -0.25) is 4.79 Å². The van der Waals surface area contributed by atoms with Crippen LogP contribution >= 0.6 is 0 Å². The number of alkyl halides is 3. The van der Waals surface area contributed by atoms with Crippen molar-refractivity contribution in [3.8, 4) is 11.8 Å². The number of nitrogens with two attached hydrogens (primary N) is 2. The second-order valence-electron chi connectivity index (χ2n) is 2.92. The summed E-state index contributed by atoms with van der Waals surface area (Å²) >= 11 is 0. The molecule has 1 amide bonds. The van der Waals surface area contributed by atoms with Crippen LogP contribution < -0.4 is 11.5 Å². The first-order valence-corrected chi connectivity index (χ1v) is 4.09. The highest BCUT2D eigenvalue weighted by Gasteiger charge is 2.32. The number of anilines is 1. The topological polar surface area (TPSA) is 69.1 Å². The van der Waals surface area contributed by atoms with Gasteiger partial charge in [0.1, 0.15) is 0 Å². The number of amides is 1. The Hall–Kier alpha value is -2.16. The summed E-state index contributed by atoms with van der Waals surface area (Å²) in [5.41, 5.74) is 8.85. The number of benzene rings is 1. The third-order valence-electron chi connectivity index (χ3n) is 1.67. The summed E-state index contributed by atoms with van der Waals surface area (Å²) in [6, 6.07) is 2.96. The highest BCUT2D eigenvalue weighted by atomic mass is 19.4. The van der Waals surface area contributed by atoms with Gasteiger partial charge in [0.2, 0.25) is 0 Å². The van der Waals surface area contributed by atoms with Crippen molar-refractivity contribution in [2.75, 3.05) is 5.73 Å². The monoisotopic (exact) mass is 228 g/mol. The minimum Gasteiger partial charge on any atom is -0.399 e. The fourth-order valence-corrected chi connectivity index (χ4v) is 1.04. The number of carbonyl (C=O) groups excluding carboxylic acids is 1. The van der Waals surface area contributed by atoms with Crippen LogP contribution in [0.5, 0.6) is 0 Å². The molecule has 4 N–H and O–H groups in total. The first-order chi connectivity index (χ1) is 7.30. The van der Waals surface area contributed by atoms with E-state index in [1.54, 1.807) is 0 Å². The van der Waals surface area contributed by atoms with Gasteiger partial charge in [0.05, 0.1) is 5.56 Å². The first-order valence-electron chi connectivity index (χ1n) is 4.09. The lowest BCUT2D eigenvalue weighted by molar-refractivity contribution is -0.137. The highest BCUT2D eigenvalue weighted by Crippen LogP contribution is 2.32. The fourth-order valence-electron chi connectivity index (χ4n) is 1.04. The van der Waals surface area contributed by atoms with Gasteiger partial charge in [0, 0.05) is 11.3 Å². The van der Waals surface area contributed by atoms with E-state index in [1.807, 2.05) is 11.8 Å². The van der Waals surface area contributed by atoms with E-state index < -0.39 is 17.6 Å². The van der Waals surface area contributed by atoms with Gasteiger partial charge in [0.25, 0.3) is 5.91 Å². The van der Waals surface area contributed by atoms with Gasteiger partial charge < -0.3 is 11.5 Å². The van der Waals surface area contributed by atoms with Crippen molar-refractivity contribution < 1.29 is 18.0 Å². The second-order valence-corrected chi connectivity index (χ2v) is 2.92. The Kier molecular flexibility index (Phi) is 3.09. The summed E-state index contributed by atoms with van der Waals surface area (Å²) in [5, 5.41) is 0. The lowest BCUT2D eigenvalue weighted by atomic mass is 10.1. The Bertz CT molecular complexity index is 483. The van der Waals surface area contributed by atoms with Gasteiger partial charge >= 0.3 is 6.18 Å². The highest BCUT2D eigenvalue weighted by molar-refractivity contribution is 5.92. The summed E-state index contributed by atoms with van der Waals surface area (Å²) < 4.78 is 37.4. The predicted molar refractivity (Wildman–Crippen MR) is 51.9 cm³/mol. The van der Waals surface area contributed by atoms with Crippen molar-refractivity contribution in [1.82, 2.24) is 0 Å². The van der Waals surface area contributed by atoms with Crippen LogP contribution in [0.2, 0.25) is 0 Å². The minimum atomic E-state index is -4.55. The van der Waals surface area contributed by atoms with Crippen molar-refractivity contribution in [2.24, 2.45) is 5.73 Å². The summed E-state index contributed by atoms with van der Waals surface area (Å²) in [6.07, 6.45) is -4.55. The zero-order valence-electron chi connectivity index (χ0n) is 7.93. The molecule has 6 heteroatoms. The van der Waals surface area contributed by atoms with Crippen molar-refractivity contribution >= 4 is 11.6 Å². The van der Waals surface area contributed by atoms with E-state index in [0.29, 0.717) is 0 Å². The maximum atomic E-state index is 12.5. The molecular formula is C10H7F3N2O. The molecule has 0 atom stereocenters. The van der Waals surface area contributed by atoms with E-state index in [1.165, 1.54) is 0 Å². The number of nitrogen functional groups attached to an aromatic ring is 1. The largest absolute Gasteiger partial charge is 0.417 e. The van der Waals surface area contributed by atoms with Gasteiger partial charge in [-0.15, -0.1) is 0 Å². The molecule has 0 aromatic heterocycles. The molecule has 0 aliphatic carbocycles. The molecule has 0 heterocycles. The van der Waals surface area contributed by atoms with Crippen molar-refractivity contribution in [1.29, 1.82) is 0 Å². The van der Waals surface area contributed by atoms with Crippen LogP contribution in [-0.2, 0) is 11.0 Å². The van der Waals surface area contributed by atoms with E-state index in [9.17, 15) is 18.0 Å². The van der Waals surface area contributed by atoms with Crippen LogP contribution in [0.25, 0.3) is 0 Å². The minimum absolute atomic E-state index is 0.127. The number of hydrogen-bond donors (Lipinski definition) is 2. The van der Waals surface area contributed by atoms with E-state index in [0.717, 1.165) is 18.2 Å². The number of halogens is 3. The SMILES string of the molecule is NC(=O)C#Cc1cc(N)ccc1C(F)(F)F. The summed E-state index contributed by atoms with van der Waals surface area (Å²) in [4.78, 5) is 10.4. The number of rotatable bonds is 0. The molecule has 0 saturated carbocycles. The standard InChI is InChI=1S/C10H7F3N2O/c11-10(12,13)8-3-2-7(14)5-6(8)1-4-9(15)16/h2-3,5H,14H2,(H2,15,16). The smallest absolute Gasteiger partial charge is 0.399 e. The molecule has 1 aromatic rings. The molecule has 16 heavy (non-hydrogen) atoms. The summed E-state index contributed by atoms with van der Waals surface area (Å²) in [7, 11) is 0. The third-order valence-corrected chi connectivity index (χ3v) is 1.67. The van der Waals surface area contributed by atoms with Gasteiger partial charge in [-0.25, -0.2) is 0 Å². The molecule has 0 unspecified atom stereocenters. The lowest BCUT2D eigenvalue weighted by Gasteiger charge is -2.09. The van der Waals surface area contributed by atoms with Crippen LogP contribution in [0.3, 0.4) is 0 Å². The van der Waals surface area contributed by atoms with E-state index in [4.69, 9.17) is 11.5 Å². The Labute approximate surface area is 89.2 Å². The zero-order valence-corrected chi connectivity index (χ0v) is 7.93. The normalized spacial score (nSPS) is 10.4. The van der Waals surface area contributed by atoms with E-state index >= 15 is 0 Å². The fraction of sp³-hybridized carbons (Fsp3) is 0.100. The predicted octanol–water partition coefficient (Wildman–Crippen LogP) is 1.12. The maximum absolute atomic E-state index is 12.5. The molecule has 84 valence electrons. The molecule has 0 saturated heterocycles. The van der Waals surface area contributed by atoms with E-state index in [2.05, 4.69) is 0 Å². The van der Waals surface area contributed by atoms with Crippen LogP contribution in [0.4, 0.5) is 18.9 Å². The molecule has 0 radical (unpaired) electrons. The van der Waals surface area contributed by atoms with Gasteiger partial charge in [0.15, 0.2) is 0 Å². The molecule has 0 bridgehead atoms. The zero-order chi connectivity index (χ0) is 12.3. The molecule has 0 aliphatic rings. The van der Waals surface area contributed by atoms with Crippen molar-refractivity contribution in [3.05, 3.63) is 29.3 Å². The third kappa shape index (κ3) is 2.92. The van der Waals surface area contributed by atoms with Gasteiger partial charge in [-0.1, -0.05) is 5.92 Å². The maximum Gasteiger partial charge on any atom is 0.417 e. The quantitative estimate of drug-likeness (QED) is 0.516. The Morgan fingerprint density at radius 2 is 1.94 bits per heavy atom. The molecule has 0 aliphatic heterocycles. The number of primary amides is 1. The van der Waals surface area contributed by atoms with Gasteiger partial charge in [-0.05, 0) is 24.1 Å². The average molecular weight is 228 g/mol. The summed E-state index contributed by atoms with van der Waals surface area (Å²) in [5.74, 6) is 2.87.